The van der Waals surface area contributed by atoms with Gasteiger partial charge in [0.2, 0.25) is 0 Å². The minimum Gasteiger partial charge on any atom is -0.321 e. The second-order valence-electron chi connectivity index (χ2n) is 4.99. The number of amides is 1. The van der Waals surface area contributed by atoms with Crippen molar-refractivity contribution in [1.29, 1.82) is 0 Å². The van der Waals surface area contributed by atoms with E-state index in [1.165, 1.54) is 23.5 Å². The highest BCUT2D eigenvalue weighted by molar-refractivity contribution is 7.12. The molecule has 8 heteroatoms. The summed E-state index contributed by atoms with van der Waals surface area (Å²) in [6.45, 7) is 3.56. The highest BCUT2D eigenvalue weighted by atomic mass is 32.1. The second-order valence-corrected chi connectivity index (χ2v) is 5.85. The van der Waals surface area contributed by atoms with E-state index in [9.17, 15) is 14.9 Å². The number of nitro groups is 1. The van der Waals surface area contributed by atoms with E-state index in [4.69, 9.17) is 0 Å². The zero-order chi connectivity index (χ0) is 16.6. The maximum Gasteiger partial charge on any atom is 0.270 e. The molecule has 0 saturated carbocycles. The van der Waals surface area contributed by atoms with Crippen LogP contribution in [0, 0.1) is 24.0 Å². The largest absolute Gasteiger partial charge is 0.321 e. The maximum absolute atomic E-state index is 12.4. The molecule has 3 aromatic rings. The number of carbonyl (C=O) groups excluding carboxylic acids is 1. The summed E-state index contributed by atoms with van der Waals surface area (Å²) in [5.74, 6) is -0.289. The highest BCUT2D eigenvalue weighted by Gasteiger charge is 2.16. The van der Waals surface area contributed by atoms with Crippen molar-refractivity contribution < 1.29 is 9.72 Å². The molecule has 0 aliphatic carbocycles. The van der Waals surface area contributed by atoms with E-state index in [0.29, 0.717) is 32.9 Å². The summed E-state index contributed by atoms with van der Waals surface area (Å²) in [4.78, 5) is 31.8. The SMILES string of the molecule is Cc1cc(NC(=O)c2scnc2C)c2cc([N+](=O)[O-])ccc2n1. The van der Waals surface area contributed by atoms with Crippen molar-refractivity contribution in [3.8, 4) is 0 Å². The molecule has 0 spiro atoms. The number of aryl methyl sites for hydroxylation is 2. The van der Waals surface area contributed by atoms with Crippen LogP contribution in [0.4, 0.5) is 11.4 Å². The molecule has 23 heavy (non-hydrogen) atoms. The fourth-order valence-corrected chi connectivity index (χ4v) is 2.96. The molecule has 1 aromatic carbocycles. The topological polar surface area (TPSA) is 98.0 Å². The third-order valence-corrected chi connectivity index (χ3v) is 4.26. The molecular formula is C15H12N4O3S. The van der Waals surface area contributed by atoms with Crippen molar-refractivity contribution in [3.05, 3.63) is 56.2 Å². The van der Waals surface area contributed by atoms with E-state index in [2.05, 4.69) is 15.3 Å². The average Bonchev–Trinajstić information content (AvgIpc) is 2.92. The number of fused-ring (bicyclic) bond motifs is 1. The quantitative estimate of drug-likeness (QED) is 0.586. The molecule has 7 nitrogen and oxygen atoms in total. The Kier molecular flexibility index (Phi) is 3.75. The molecule has 0 bridgehead atoms. The first-order valence-corrected chi connectivity index (χ1v) is 7.61. The van der Waals surface area contributed by atoms with Gasteiger partial charge in [-0.1, -0.05) is 0 Å². The van der Waals surface area contributed by atoms with Crippen LogP contribution in [0.15, 0.2) is 29.8 Å². The van der Waals surface area contributed by atoms with Crippen molar-refractivity contribution in [2.75, 3.05) is 5.32 Å². The number of aromatic nitrogens is 2. The van der Waals surface area contributed by atoms with Crippen LogP contribution in [0.25, 0.3) is 10.9 Å². The Morgan fingerprint density at radius 3 is 2.74 bits per heavy atom. The molecule has 0 fully saturated rings. The zero-order valence-corrected chi connectivity index (χ0v) is 13.2. The van der Waals surface area contributed by atoms with E-state index in [0.717, 1.165) is 0 Å². The van der Waals surface area contributed by atoms with E-state index >= 15 is 0 Å². The van der Waals surface area contributed by atoms with E-state index in [1.54, 1.807) is 31.5 Å². The molecule has 116 valence electrons. The molecule has 0 unspecified atom stereocenters. The Labute approximate surface area is 135 Å². The van der Waals surface area contributed by atoms with Crippen LogP contribution in [-0.2, 0) is 0 Å². The minimum absolute atomic E-state index is 0.0485. The summed E-state index contributed by atoms with van der Waals surface area (Å²) in [5.41, 5.74) is 4.00. The first kappa shape index (κ1) is 15.0. The van der Waals surface area contributed by atoms with Gasteiger partial charge in [-0.25, -0.2) is 4.98 Å². The Morgan fingerprint density at radius 1 is 1.30 bits per heavy atom. The van der Waals surface area contributed by atoms with Gasteiger partial charge in [0.1, 0.15) is 4.88 Å². The van der Waals surface area contributed by atoms with Crippen LogP contribution in [-0.4, -0.2) is 20.8 Å². The first-order valence-electron chi connectivity index (χ1n) is 6.73. The number of nitrogens with zero attached hydrogens (tertiary/aromatic N) is 3. The second kappa shape index (κ2) is 5.73. The number of hydrogen-bond acceptors (Lipinski definition) is 6. The molecule has 3 rings (SSSR count). The molecule has 0 radical (unpaired) electrons. The number of anilines is 1. The van der Waals surface area contributed by atoms with Gasteiger partial charge in [0.05, 0.1) is 27.3 Å². The number of carbonyl (C=O) groups is 1. The van der Waals surface area contributed by atoms with Crippen LogP contribution in [0.1, 0.15) is 21.1 Å². The lowest BCUT2D eigenvalue weighted by Gasteiger charge is -2.09. The van der Waals surface area contributed by atoms with Gasteiger partial charge >= 0.3 is 0 Å². The molecule has 1 N–H and O–H groups in total. The van der Waals surface area contributed by atoms with Gasteiger partial charge in [-0.05, 0) is 26.0 Å². The Bertz CT molecular complexity index is 936. The summed E-state index contributed by atoms with van der Waals surface area (Å²) >= 11 is 1.25. The van der Waals surface area contributed by atoms with E-state index in [-0.39, 0.29) is 11.6 Å². The molecule has 2 heterocycles. The summed E-state index contributed by atoms with van der Waals surface area (Å²) < 4.78 is 0. The summed E-state index contributed by atoms with van der Waals surface area (Å²) in [5, 5.41) is 14.3. The number of thiazole rings is 1. The average molecular weight is 328 g/mol. The van der Waals surface area contributed by atoms with Crippen molar-refractivity contribution in [3.63, 3.8) is 0 Å². The van der Waals surface area contributed by atoms with Gasteiger partial charge in [-0.3, -0.25) is 19.9 Å². The van der Waals surface area contributed by atoms with Gasteiger partial charge in [0.15, 0.2) is 0 Å². The zero-order valence-electron chi connectivity index (χ0n) is 12.4. The summed E-state index contributed by atoms with van der Waals surface area (Å²) in [7, 11) is 0. The number of benzene rings is 1. The first-order chi connectivity index (χ1) is 11.0. The monoisotopic (exact) mass is 328 g/mol. The number of hydrogen-bond donors (Lipinski definition) is 1. The molecule has 0 atom stereocenters. The van der Waals surface area contributed by atoms with Crippen LogP contribution in [0.5, 0.6) is 0 Å². The van der Waals surface area contributed by atoms with Gasteiger partial charge in [-0.15, -0.1) is 11.3 Å². The Hall–Kier alpha value is -2.87. The predicted octanol–water partition coefficient (Wildman–Crippen LogP) is 3.47. The molecular weight excluding hydrogens is 316 g/mol. The lowest BCUT2D eigenvalue weighted by atomic mass is 10.1. The smallest absolute Gasteiger partial charge is 0.270 e. The molecule has 0 aliphatic rings. The molecule has 1 amide bonds. The number of nitrogens with one attached hydrogen (secondary N) is 1. The van der Waals surface area contributed by atoms with Crippen molar-refractivity contribution in [1.82, 2.24) is 9.97 Å². The Balaban J connectivity index is 2.08. The minimum atomic E-state index is -0.474. The number of non-ortho nitro benzene ring substituents is 1. The van der Waals surface area contributed by atoms with Gasteiger partial charge in [-0.2, -0.15) is 0 Å². The lowest BCUT2D eigenvalue weighted by Crippen LogP contribution is -2.12. The van der Waals surface area contributed by atoms with Crippen molar-refractivity contribution in [2.24, 2.45) is 0 Å². The van der Waals surface area contributed by atoms with Crippen molar-refractivity contribution >= 4 is 39.5 Å². The van der Waals surface area contributed by atoms with Crippen LogP contribution in [0.3, 0.4) is 0 Å². The maximum atomic E-state index is 12.4. The van der Waals surface area contributed by atoms with Crippen molar-refractivity contribution in [2.45, 2.75) is 13.8 Å². The number of pyridine rings is 1. The van der Waals surface area contributed by atoms with Gasteiger partial charge in [0.25, 0.3) is 11.6 Å². The van der Waals surface area contributed by atoms with Crippen LogP contribution < -0.4 is 5.32 Å². The predicted molar refractivity (Wildman–Crippen MR) is 87.9 cm³/mol. The highest BCUT2D eigenvalue weighted by Crippen LogP contribution is 2.28. The Morgan fingerprint density at radius 2 is 2.09 bits per heavy atom. The summed E-state index contributed by atoms with van der Waals surface area (Å²) in [6, 6.07) is 6.08. The molecule has 0 aliphatic heterocycles. The van der Waals surface area contributed by atoms with Gasteiger partial charge in [0, 0.05) is 23.2 Å². The van der Waals surface area contributed by atoms with Gasteiger partial charge < -0.3 is 5.32 Å². The third kappa shape index (κ3) is 2.88. The normalized spacial score (nSPS) is 10.7. The number of rotatable bonds is 3. The standard InChI is InChI=1S/C15H12N4O3S/c1-8-5-13(18-15(20)14-9(2)16-7-23-14)11-6-10(19(21)22)3-4-12(11)17-8/h3-7H,1-2H3,(H,17,18,20). The summed E-state index contributed by atoms with van der Waals surface area (Å²) in [6.07, 6.45) is 0. The number of nitro benzene ring substituents is 1. The fourth-order valence-electron chi connectivity index (χ4n) is 2.26. The molecule has 2 aromatic heterocycles. The van der Waals surface area contributed by atoms with E-state index in [1.807, 2.05) is 0 Å². The fraction of sp³-hybridized carbons (Fsp3) is 0.133. The van der Waals surface area contributed by atoms with E-state index < -0.39 is 4.92 Å². The van der Waals surface area contributed by atoms with Crippen LogP contribution >= 0.6 is 11.3 Å². The third-order valence-electron chi connectivity index (χ3n) is 3.33. The molecule has 0 saturated heterocycles. The lowest BCUT2D eigenvalue weighted by molar-refractivity contribution is -0.384. The van der Waals surface area contributed by atoms with Crippen LogP contribution in [0.2, 0.25) is 0 Å².